The molecule has 0 fully saturated rings. The fourth-order valence-electron chi connectivity index (χ4n) is 2.39. The summed E-state index contributed by atoms with van der Waals surface area (Å²) in [7, 11) is 0. The van der Waals surface area contributed by atoms with E-state index in [0.717, 1.165) is 35.5 Å². The number of rotatable bonds is 4. The number of aromatic nitrogens is 4. The summed E-state index contributed by atoms with van der Waals surface area (Å²) < 4.78 is 3.76. The third kappa shape index (κ3) is 2.20. The lowest BCUT2D eigenvalue weighted by molar-refractivity contribution is 0.112. The lowest BCUT2D eigenvalue weighted by Crippen LogP contribution is -2.05. The number of aldehydes is 1. The van der Waals surface area contributed by atoms with Crippen molar-refractivity contribution in [3.8, 4) is 11.3 Å². The predicted molar refractivity (Wildman–Crippen MR) is 74.4 cm³/mol. The Kier molecular flexibility index (Phi) is 3.55. The molecule has 0 N–H and O–H groups in total. The maximum atomic E-state index is 11.2. The first-order valence-electron chi connectivity index (χ1n) is 6.58. The molecule has 5 heteroatoms. The van der Waals surface area contributed by atoms with Crippen molar-refractivity contribution >= 4 is 6.29 Å². The van der Waals surface area contributed by atoms with Gasteiger partial charge in [0.25, 0.3) is 0 Å². The van der Waals surface area contributed by atoms with E-state index in [-0.39, 0.29) is 0 Å². The summed E-state index contributed by atoms with van der Waals surface area (Å²) in [6.07, 6.45) is 2.65. The molecule has 19 heavy (non-hydrogen) atoms. The number of hydrogen-bond acceptors (Lipinski definition) is 3. The van der Waals surface area contributed by atoms with E-state index in [0.29, 0.717) is 11.6 Å². The van der Waals surface area contributed by atoms with Crippen molar-refractivity contribution < 1.29 is 4.79 Å². The van der Waals surface area contributed by atoms with Gasteiger partial charge in [-0.05, 0) is 34.6 Å². The standard InChI is InChI=1S/C14H20N4O/c1-6-17-7-12(8-19)14(16-17)13-10(4)15-18(9(2)3)11(13)5/h7-9H,6H2,1-5H3. The lowest BCUT2D eigenvalue weighted by Gasteiger charge is -2.08. The van der Waals surface area contributed by atoms with Gasteiger partial charge in [0.2, 0.25) is 0 Å². The summed E-state index contributed by atoms with van der Waals surface area (Å²) in [5.41, 5.74) is 4.30. The van der Waals surface area contributed by atoms with Crippen LogP contribution in [0.5, 0.6) is 0 Å². The monoisotopic (exact) mass is 260 g/mol. The molecule has 5 nitrogen and oxygen atoms in total. The molecule has 0 bridgehead atoms. The number of aryl methyl sites for hydroxylation is 2. The Bertz CT molecular complexity index is 607. The number of carbonyl (C=O) groups is 1. The second-order valence-electron chi connectivity index (χ2n) is 4.99. The molecule has 0 amide bonds. The molecule has 2 aromatic rings. The van der Waals surface area contributed by atoms with Crippen LogP contribution in [0, 0.1) is 13.8 Å². The Morgan fingerprint density at radius 3 is 2.47 bits per heavy atom. The second kappa shape index (κ2) is 4.99. The smallest absolute Gasteiger partial charge is 0.153 e. The van der Waals surface area contributed by atoms with Crippen LogP contribution in [0.4, 0.5) is 0 Å². The van der Waals surface area contributed by atoms with Crippen molar-refractivity contribution in [1.82, 2.24) is 19.6 Å². The topological polar surface area (TPSA) is 52.7 Å². The minimum absolute atomic E-state index is 0.292. The molecule has 0 radical (unpaired) electrons. The number of carbonyl (C=O) groups excluding carboxylic acids is 1. The molecule has 0 aliphatic heterocycles. The van der Waals surface area contributed by atoms with Crippen molar-refractivity contribution in [3.63, 3.8) is 0 Å². The summed E-state index contributed by atoms with van der Waals surface area (Å²) in [6.45, 7) is 10.9. The van der Waals surface area contributed by atoms with Crippen LogP contribution in [0.15, 0.2) is 6.20 Å². The summed E-state index contributed by atoms with van der Waals surface area (Å²) in [6, 6.07) is 0.292. The van der Waals surface area contributed by atoms with Crippen molar-refractivity contribution in [2.24, 2.45) is 0 Å². The Labute approximate surface area is 113 Å². The summed E-state index contributed by atoms with van der Waals surface area (Å²) in [4.78, 5) is 11.2. The van der Waals surface area contributed by atoms with Crippen LogP contribution < -0.4 is 0 Å². The van der Waals surface area contributed by atoms with Gasteiger partial charge in [-0.1, -0.05) is 0 Å². The highest BCUT2D eigenvalue weighted by Gasteiger charge is 2.20. The van der Waals surface area contributed by atoms with Gasteiger partial charge in [-0.2, -0.15) is 10.2 Å². The molecule has 0 saturated carbocycles. The minimum Gasteiger partial charge on any atom is -0.298 e. The number of hydrogen-bond donors (Lipinski definition) is 0. The third-order valence-corrected chi connectivity index (χ3v) is 3.29. The highest BCUT2D eigenvalue weighted by molar-refractivity contribution is 5.86. The summed E-state index contributed by atoms with van der Waals surface area (Å²) in [5.74, 6) is 0. The van der Waals surface area contributed by atoms with Crippen molar-refractivity contribution in [3.05, 3.63) is 23.1 Å². The first kappa shape index (κ1) is 13.5. The van der Waals surface area contributed by atoms with Gasteiger partial charge in [0.1, 0.15) is 5.69 Å². The zero-order chi connectivity index (χ0) is 14.2. The molecule has 0 aromatic carbocycles. The van der Waals surface area contributed by atoms with Crippen LogP contribution in [-0.4, -0.2) is 25.8 Å². The van der Waals surface area contributed by atoms with E-state index < -0.39 is 0 Å². The zero-order valence-electron chi connectivity index (χ0n) is 12.1. The Morgan fingerprint density at radius 2 is 2.00 bits per heavy atom. The summed E-state index contributed by atoms with van der Waals surface area (Å²) in [5, 5.41) is 9.04. The van der Waals surface area contributed by atoms with E-state index in [1.807, 2.05) is 25.5 Å². The first-order valence-corrected chi connectivity index (χ1v) is 6.58. The van der Waals surface area contributed by atoms with E-state index in [4.69, 9.17) is 0 Å². The maximum absolute atomic E-state index is 11.2. The largest absolute Gasteiger partial charge is 0.298 e. The van der Waals surface area contributed by atoms with Gasteiger partial charge in [0.05, 0.1) is 11.3 Å². The van der Waals surface area contributed by atoms with Gasteiger partial charge in [-0.3, -0.25) is 14.2 Å². The molecule has 0 unspecified atom stereocenters. The van der Waals surface area contributed by atoms with Crippen molar-refractivity contribution in [1.29, 1.82) is 0 Å². The van der Waals surface area contributed by atoms with Gasteiger partial charge in [0, 0.05) is 30.0 Å². The van der Waals surface area contributed by atoms with Crippen LogP contribution in [0.3, 0.4) is 0 Å². The average Bonchev–Trinajstić information content (AvgIpc) is 2.90. The van der Waals surface area contributed by atoms with E-state index >= 15 is 0 Å². The average molecular weight is 260 g/mol. The van der Waals surface area contributed by atoms with Crippen molar-refractivity contribution in [2.75, 3.05) is 0 Å². The predicted octanol–water partition coefficient (Wildman–Crippen LogP) is 2.78. The molecular weight excluding hydrogens is 240 g/mol. The Hall–Kier alpha value is -1.91. The lowest BCUT2D eigenvalue weighted by atomic mass is 10.1. The molecule has 2 aromatic heterocycles. The molecule has 2 rings (SSSR count). The minimum atomic E-state index is 0.292. The van der Waals surface area contributed by atoms with Crippen LogP contribution in [0.2, 0.25) is 0 Å². The highest BCUT2D eigenvalue weighted by atomic mass is 16.1. The molecule has 2 heterocycles. The van der Waals surface area contributed by atoms with Crippen LogP contribution in [0.1, 0.15) is 48.6 Å². The quantitative estimate of drug-likeness (QED) is 0.794. The summed E-state index contributed by atoms with van der Waals surface area (Å²) >= 11 is 0. The van der Waals surface area contributed by atoms with Gasteiger partial charge >= 0.3 is 0 Å². The second-order valence-corrected chi connectivity index (χ2v) is 4.99. The van der Waals surface area contributed by atoms with E-state index in [1.54, 1.807) is 10.9 Å². The molecule has 0 atom stereocenters. The maximum Gasteiger partial charge on any atom is 0.153 e. The highest BCUT2D eigenvalue weighted by Crippen LogP contribution is 2.29. The molecular formula is C14H20N4O. The molecule has 0 aliphatic rings. The number of nitrogens with zero attached hydrogens (tertiary/aromatic N) is 4. The third-order valence-electron chi connectivity index (χ3n) is 3.29. The van der Waals surface area contributed by atoms with Crippen LogP contribution >= 0.6 is 0 Å². The van der Waals surface area contributed by atoms with E-state index in [2.05, 4.69) is 24.0 Å². The first-order chi connectivity index (χ1) is 8.99. The van der Waals surface area contributed by atoms with Gasteiger partial charge in [-0.25, -0.2) is 0 Å². The molecule has 0 aliphatic carbocycles. The van der Waals surface area contributed by atoms with Gasteiger partial charge in [0.15, 0.2) is 6.29 Å². The normalized spacial score (nSPS) is 11.3. The van der Waals surface area contributed by atoms with E-state index in [9.17, 15) is 4.79 Å². The van der Waals surface area contributed by atoms with Crippen molar-refractivity contribution in [2.45, 2.75) is 47.2 Å². The molecule has 102 valence electrons. The fraction of sp³-hybridized carbons (Fsp3) is 0.500. The molecule has 0 spiro atoms. The van der Waals surface area contributed by atoms with Crippen LogP contribution in [0.25, 0.3) is 11.3 Å². The van der Waals surface area contributed by atoms with Gasteiger partial charge < -0.3 is 0 Å². The molecule has 0 saturated heterocycles. The zero-order valence-corrected chi connectivity index (χ0v) is 12.1. The Morgan fingerprint density at radius 1 is 1.32 bits per heavy atom. The Balaban J connectivity index is 2.65. The fourth-order valence-corrected chi connectivity index (χ4v) is 2.39. The van der Waals surface area contributed by atoms with Crippen LogP contribution in [-0.2, 0) is 6.54 Å². The SMILES string of the molecule is CCn1cc(C=O)c(-c2c(C)nn(C(C)C)c2C)n1. The van der Waals surface area contributed by atoms with Gasteiger partial charge in [-0.15, -0.1) is 0 Å². The van der Waals surface area contributed by atoms with E-state index in [1.165, 1.54) is 0 Å².